The maximum Gasteiger partial charge on any atom is 0.428 e. The molecule has 0 saturated carbocycles. The zero-order chi connectivity index (χ0) is 13.1. The highest BCUT2D eigenvalue weighted by Crippen LogP contribution is 2.12. The maximum absolute atomic E-state index is 11.3. The molecule has 0 fully saturated rings. The van der Waals surface area contributed by atoms with E-state index in [0.29, 0.717) is 0 Å². The summed E-state index contributed by atoms with van der Waals surface area (Å²) >= 11 is 3.31. The fourth-order valence-corrected chi connectivity index (χ4v) is 1.46. The molecule has 1 aromatic rings. The van der Waals surface area contributed by atoms with Crippen molar-refractivity contribution < 1.29 is 9.53 Å². The van der Waals surface area contributed by atoms with Gasteiger partial charge in [-0.25, -0.2) is 10.2 Å². The number of ether oxygens (including phenoxy) is 1. The minimum Gasteiger partial charge on any atom is -0.443 e. The minimum atomic E-state index is -0.591. The summed E-state index contributed by atoms with van der Waals surface area (Å²) in [6, 6.07) is 0. The van der Waals surface area contributed by atoms with Crippen LogP contribution in [-0.4, -0.2) is 27.7 Å². The molecule has 1 amide bonds. The van der Waals surface area contributed by atoms with E-state index >= 15 is 0 Å². The number of amides is 1. The fraction of sp³-hybridized carbons (Fsp3) is 0.500. The van der Waals surface area contributed by atoms with E-state index in [2.05, 4.69) is 31.6 Å². The number of hydrogen-bond donors (Lipinski definition) is 1. The number of aryl methyl sites for hydroxylation is 1. The average molecular weight is 303 g/mol. The molecule has 0 aliphatic carbocycles. The normalized spacial score (nSPS) is 11.8. The molecule has 94 valence electrons. The predicted molar refractivity (Wildman–Crippen MR) is 67.9 cm³/mol. The molecule has 1 rings (SSSR count). The first-order valence-corrected chi connectivity index (χ1v) is 5.78. The molecule has 0 atom stereocenters. The van der Waals surface area contributed by atoms with Gasteiger partial charge in [0, 0.05) is 7.05 Å². The van der Waals surface area contributed by atoms with Crippen molar-refractivity contribution in [2.45, 2.75) is 26.4 Å². The summed E-state index contributed by atoms with van der Waals surface area (Å²) < 4.78 is 7.45. The van der Waals surface area contributed by atoms with Crippen LogP contribution in [0.15, 0.2) is 15.8 Å². The molecule has 1 heterocycles. The van der Waals surface area contributed by atoms with Crippen LogP contribution in [0.5, 0.6) is 0 Å². The molecule has 0 saturated heterocycles. The second kappa shape index (κ2) is 5.31. The van der Waals surface area contributed by atoms with Crippen LogP contribution in [0.2, 0.25) is 0 Å². The van der Waals surface area contributed by atoms with Crippen LogP contribution < -0.4 is 5.43 Å². The van der Waals surface area contributed by atoms with E-state index in [1.54, 1.807) is 38.7 Å². The molecule has 0 radical (unpaired) electrons. The number of rotatable bonds is 2. The Morgan fingerprint density at radius 3 is 2.76 bits per heavy atom. The number of nitrogens with one attached hydrogen (secondary N) is 1. The van der Waals surface area contributed by atoms with Gasteiger partial charge >= 0.3 is 6.09 Å². The van der Waals surface area contributed by atoms with Crippen LogP contribution in [0, 0.1) is 0 Å². The van der Waals surface area contributed by atoms with Crippen LogP contribution in [0.3, 0.4) is 0 Å². The Morgan fingerprint density at radius 2 is 2.29 bits per heavy atom. The van der Waals surface area contributed by atoms with Gasteiger partial charge in [-0.3, -0.25) is 4.68 Å². The molecule has 0 bridgehead atoms. The molecule has 1 N–H and O–H groups in total. The Labute approximate surface area is 108 Å². The van der Waals surface area contributed by atoms with E-state index in [-0.39, 0.29) is 0 Å². The van der Waals surface area contributed by atoms with Gasteiger partial charge in [0.1, 0.15) is 5.60 Å². The third kappa shape index (κ3) is 4.56. The Morgan fingerprint density at radius 1 is 1.65 bits per heavy atom. The molecule has 0 spiro atoms. The topological polar surface area (TPSA) is 68.5 Å². The van der Waals surface area contributed by atoms with Crippen molar-refractivity contribution in [3.8, 4) is 0 Å². The molecule has 0 aliphatic rings. The molecule has 0 aliphatic heterocycles. The summed E-state index contributed by atoms with van der Waals surface area (Å²) in [4.78, 5) is 11.3. The number of carbonyl (C=O) groups is 1. The van der Waals surface area contributed by atoms with Gasteiger partial charge in [0.15, 0.2) is 0 Å². The van der Waals surface area contributed by atoms with Crippen LogP contribution in [-0.2, 0) is 11.8 Å². The second-order valence-electron chi connectivity index (χ2n) is 4.37. The van der Waals surface area contributed by atoms with Gasteiger partial charge in [-0.1, -0.05) is 0 Å². The first-order chi connectivity index (χ1) is 7.79. The van der Waals surface area contributed by atoms with Crippen molar-refractivity contribution in [3.05, 3.63) is 16.4 Å². The first kappa shape index (κ1) is 13.7. The molecular weight excluding hydrogens is 288 g/mol. The van der Waals surface area contributed by atoms with E-state index < -0.39 is 11.7 Å². The van der Waals surface area contributed by atoms with E-state index in [4.69, 9.17) is 4.74 Å². The molecule has 0 aromatic carbocycles. The number of hydrazone groups is 1. The fourth-order valence-electron chi connectivity index (χ4n) is 1.01. The molecule has 6 nitrogen and oxygen atoms in total. The highest BCUT2D eigenvalue weighted by Gasteiger charge is 2.15. The first-order valence-electron chi connectivity index (χ1n) is 4.99. The molecule has 7 heteroatoms. The van der Waals surface area contributed by atoms with E-state index in [9.17, 15) is 4.79 Å². The van der Waals surface area contributed by atoms with Gasteiger partial charge in [0.2, 0.25) is 0 Å². The van der Waals surface area contributed by atoms with Gasteiger partial charge in [0.05, 0.1) is 22.6 Å². The summed E-state index contributed by atoms with van der Waals surface area (Å²) in [5, 5.41) is 7.79. The smallest absolute Gasteiger partial charge is 0.428 e. The van der Waals surface area contributed by atoms with Gasteiger partial charge in [-0.05, 0) is 36.7 Å². The summed E-state index contributed by atoms with van der Waals surface area (Å²) in [5.74, 6) is 0. The quantitative estimate of drug-likeness (QED) is 0.671. The van der Waals surface area contributed by atoms with Gasteiger partial charge in [-0.15, -0.1) is 0 Å². The van der Waals surface area contributed by atoms with Crippen molar-refractivity contribution in [2.75, 3.05) is 0 Å². The van der Waals surface area contributed by atoms with Crippen molar-refractivity contribution in [1.29, 1.82) is 0 Å². The van der Waals surface area contributed by atoms with Crippen molar-refractivity contribution >= 4 is 28.2 Å². The zero-order valence-electron chi connectivity index (χ0n) is 10.2. The summed E-state index contributed by atoms with van der Waals surface area (Å²) in [6.07, 6.45) is 2.54. The SMILES string of the molecule is Cn1ncc(Br)c1C=NNC(=O)OC(C)(C)C. The number of nitrogens with zero attached hydrogens (tertiary/aromatic N) is 3. The largest absolute Gasteiger partial charge is 0.443 e. The standard InChI is InChI=1S/C10H15BrN4O2/c1-10(2,3)17-9(16)14-12-6-8-7(11)5-13-15(8)4/h5-6H,1-4H3,(H,14,16). The van der Waals surface area contributed by atoms with Crippen LogP contribution in [0.1, 0.15) is 26.5 Å². The number of hydrogen-bond acceptors (Lipinski definition) is 4. The van der Waals surface area contributed by atoms with Crippen LogP contribution in [0.25, 0.3) is 0 Å². The van der Waals surface area contributed by atoms with E-state index in [0.717, 1.165) is 10.2 Å². The monoisotopic (exact) mass is 302 g/mol. The number of carbonyl (C=O) groups excluding carboxylic acids is 1. The lowest BCUT2D eigenvalue weighted by Crippen LogP contribution is -2.29. The third-order valence-electron chi connectivity index (χ3n) is 1.68. The molecular formula is C10H15BrN4O2. The van der Waals surface area contributed by atoms with Crippen molar-refractivity contribution in [3.63, 3.8) is 0 Å². The van der Waals surface area contributed by atoms with Crippen LogP contribution >= 0.6 is 15.9 Å². The Balaban J connectivity index is 2.54. The third-order valence-corrected chi connectivity index (χ3v) is 2.29. The number of halogens is 1. The van der Waals surface area contributed by atoms with Gasteiger partial charge in [-0.2, -0.15) is 10.2 Å². The average Bonchev–Trinajstić information content (AvgIpc) is 2.46. The van der Waals surface area contributed by atoms with E-state index in [1.807, 2.05) is 0 Å². The highest BCUT2D eigenvalue weighted by atomic mass is 79.9. The Bertz CT molecular complexity index is 415. The zero-order valence-corrected chi connectivity index (χ0v) is 11.8. The second-order valence-corrected chi connectivity index (χ2v) is 5.23. The van der Waals surface area contributed by atoms with Crippen molar-refractivity contribution in [2.24, 2.45) is 12.1 Å². The number of aromatic nitrogens is 2. The van der Waals surface area contributed by atoms with E-state index in [1.165, 1.54) is 6.21 Å². The Kier molecular flexibility index (Phi) is 4.28. The molecule has 1 aromatic heterocycles. The molecule has 17 heavy (non-hydrogen) atoms. The van der Waals surface area contributed by atoms with Gasteiger partial charge < -0.3 is 4.74 Å². The lowest BCUT2D eigenvalue weighted by molar-refractivity contribution is 0.0529. The summed E-state index contributed by atoms with van der Waals surface area (Å²) in [6.45, 7) is 5.36. The minimum absolute atomic E-state index is 0.535. The van der Waals surface area contributed by atoms with Crippen molar-refractivity contribution in [1.82, 2.24) is 15.2 Å². The summed E-state index contributed by atoms with van der Waals surface area (Å²) in [7, 11) is 1.78. The van der Waals surface area contributed by atoms with Gasteiger partial charge in [0.25, 0.3) is 0 Å². The predicted octanol–water partition coefficient (Wildman–Crippen LogP) is 2.04. The lowest BCUT2D eigenvalue weighted by Gasteiger charge is -2.18. The lowest BCUT2D eigenvalue weighted by atomic mass is 10.2. The maximum atomic E-state index is 11.3. The highest BCUT2D eigenvalue weighted by molar-refractivity contribution is 9.10. The summed E-state index contributed by atoms with van der Waals surface area (Å²) in [5.41, 5.74) is 2.49. The molecule has 0 unspecified atom stereocenters. The Hall–Kier alpha value is -1.37. The van der Waals surface area contributed by atoms with Crippen LogP contribution in [0.4, 0.5) is 4.79 Å².